The van der Waals surface area contributed by atoms with Crippen molar-refractivity contribution in [1.82, 2.24) is 9.91 Å². The summed E-state index contributed by atoms with van der Waals surface area (Å²) in [5.74, 6) is 1.63. The van der Waals surface area contributed by atoms with E-state index in [1.807, 2.05) is 30.3 Å². The van der Waals surface area contributed by atoms with E-state index in [0.717, 1.165) is 60.7 Å². The molecule has 0 N–H and O–H groups in total. The minimum absolute atomic E-state index is 0.113. The lowest BCUT2D eigenvalue weighted by Gasteiger charge is -2.50. The highest BCUT2D eigenvalue weighted by atomic mass is 35.5. The van der Waals surface area contributed by atoms with Crippen LogP contribution >= 0.6 is 23.2 Å². The molecule has 3 aliphatic heterocycles. The van der Waals surface area contributed by atoms with Crippen molar-refractivity contribution in [3.05, 3.63) is 57.6 Å². The van der Waals surface area contributed by atoms with Crippen molar-refractivity contribution in [1.29, 1.82) is 0 Å². The topological polar surface area (TPSA) is 37.3 Å². The molecular formula is C22H23Cl2N3O2. The maximum absolute atomic E-state index is 6.69. The van der Waals surface area contributed by atoms with Crippen LogP contribution in [0.5, 0.6) is 11.5 Å². The lowest BCUT2D eigenvalue weighted by molar-refractivity contribution is -0.148. The van der Waals surface area contributed by atoms with Gasteiger partial charge in [0.15, 0.2) is 11.5 Å². The highest BCUT2D eigenvalue weighted by Gasteiger charge is 2.52. The summed E-state index contributed by atoms with van der Waals surface area (Å²) in [6, 6.07) is 11.9. The fraction of sp³-hybridized carbons (Fsp3) is 0.409. The molecule has 1 spiro atoms. The fourth-order valence-electron chi connectivity index (χ4n) is 4.58. The van der Waals surface area contributed by atoms with E-state index >= 15 is 0 Å². The molecule has 2 aromatic carbocycles. The number of benzene rings is 2. The highest BCUT2D eigenvalue weighted by molar-refractivity contribution is 6.42. The fourth-order valence-corrected chi connectivity index (χ4v) is 4.88. The SMILES string of the molecule is COc1cccc2c1OC1(CCN(C)CC1)N1N=C(c3ccc(Cl)c(Cl)c3)C[C@@H]21. The summed E-state index contributed by atoms with van der Waals surface area (Å²) >= 11 is 12.4. The van der Waals surface area contributed by atoms with Gasteiger partial charge in [-0.05, 0) is 30.8 Å². The van der Waals surface area contributed by atoms with Crippen LogP contribution in [0.4, 0.5) is 0 Å². The van der Waals surface area contributed by atoms with Crippen LogP contribution in [-0.2, 0) is 0 Å². The Morgan fingerprint density at radius 2 is 1.93 bits per heavy atom. The van der Waals surface area contributed by atoms with Crippen molar-refractivity contribution in [2.75, 3.05) is 27.2 Å². The van der Waals surface area contributed by atoms with E-state index in [-0.39, 0.29) is 6.04 Å². The summed E-state index contributed by atoms with van der Waals surface area (Å²) in [4.78, 5) is 2.33. The van der Waals surface area contributed by atoms with Crippen molar-refractivity contribution in [3.63, 3.8) is 0 Å². The van der Waals surface area contributed by atoms with E-state index < -0.39 is 5.72 Å². The third-order valence-electron chi connectivity index (χ3n) is 6.23. The molecule has 5 nitrogen and oxygen atoms in total. The highest BCUT2D eigenvalue weighted by Crippen LogP contribution is 2.52. The number of likely N-dealkylation sites (tertiary alicyclic amines) is 1. The number of para-hydroxylation sites is 1. The van der Waals surface area contributed by atoms with Crippen molar-refractivity contribution in [2.45, 2.75) is 31.0 Å². The van der Waals surface area contributed by atoms with Gasteiger partial charge in [-0.15, -0.1) is 0 Å². The normalized spacial score (nSPS) is 22.7. The lowest BCUT2D eigenvalue weighted by atomic mass is 9.90. The summed E-state index contributed by atoms with van der Waals surface area (Å²) in [5.41, 5.74) is 2.66. The molecule has 0 amide bonds. The van der Waals surface area contributed by atoms with Gasteiger partial charge in [-0.2, -0.15) is 5.10 Å². The second-order valence-electron chi connectivity index (χ2n) is 7.97. The number of ether oxygens (including phenoxy) is 2. The van der Waals surface area contributed by atoms with Crippen LogP contribution in [0, 0.1) is 0 Å². The number of hydrogen-bond donors (Lipinski definition) is 0. The molecule has 0 bridgehead atoms. The first-order valence-electron chi connectivity index (χ1n) is 9.87. The van der Waals surface area contributed by atoms with E-state index in [0.29, 0.717) is 10.0 Å². The third-order valence-corrected chi connectivity index (χ3v) is 6.97. The van der Waals surface area contributed by atoms with E-state index in [9.17, 15) is 0 Å². The number of piperidine rings is 1. The van der Waals surface area contributed by atoms with Gasteiger partial charge < -0.3 is 14.4 Å². The number of rotatable bonds is 2. The molecule has 7 heteroatoms. The zero-order valence-electron chi connectivity index (χ0n) is 16.5. The maximum atomic E-state index is 6.69. The minimum atomic E-state index is -0.462. The van der Waals surface area contributed by atoms with Crippen molar-refractivity contribution < 1.29 is 9.47 Å². The maximum Gasteiger partial charge on any atom is 0.200 e. The molecule has 29 heavy (non-hydrogen) atoms. The zero-order chi connectivity index (χ0) is 20.2. The zero-order valence-corrected chi connectivity index (χ0v) is 18.0. The summed E-state index contributed by atoms with van der Waals surface area (Å²) in [5, 5.41) is 8.36. The molecular weight excluding hydrogens is 409 g/mol. The lowest BCUT2D eigenvalue weighted by Crippen LogP contribution is -2.58. The molecule has 2 aromatic rings. The van der Waals surface area contributed by atoms with E-state index in [2.05, 4.69) is 23.0 Å². The number of hydrazone groups is 1. The van der Waals surface area contributed by atoms with Crippen LogP contribution in [0.25, 0.3) is 0 Å². The van der Waals surface area contributed by atoms with Crippen LogP contribution in [0.2, 0.25) is 10.0 Å². The van der Waals surface area contributed by atoms with Gasteiger partial charge >= 0.3 is 0 Å². The smallest absolute Gasteiger partial charge is 0.200 e. The summed E-state index contributed by atoms with van der Waals surface area (Å²) < 4.78 is 12.3. The molecule has 1 saturated heterocycles. The molecule has 0 aliphatic carbocycles. The first-order chi connectivity index (χ1) is 14.0. The molecule has 152 valence electrons. The Morgan fingerprint density at radius 3 is 2.66 bits per heavy atom. The van der Waals surface area contributed by atoms with Crippen molar-refractivity contribution in [3.8, 4) is 11.5 Å². The average molecular weight is 432 g/mol. The van der Waals surface area contributed by atoms with Gasteiger partial charge in [0.2, 0.25) is 5.72 Å². The first kappa shape index (κ1) is 19.0. The van der Waals surface area contributed by atoms with Crippen LogP contribution in [0.15, 0.2) is 41.5 Å². The monoisotopic (exact) mass is 431 g/mol. The Balaban J connectivity index is 1.60. The van der Waals surface area contributed by atoms with Gasteiger partial charge in [0, 0.05) is 37.9 Å². The van der Waals surface area contributed by atoms with E-state index in [1.165, 1.54) is 0 Å². The summed E-state index contributed by atoms with van der Waals surface area (Å²) in [7, 11) is 3.84. The molecule has 3 heterocycles. The largest absolute Gasteiger partial charge is 0.493 e. The first-order valence-corrected chi connectivity index (χ1v) is 10.6. The van der Waals surface area contributed by atoms with Crippen LogP contribution < -0.4 is 9.47 Å². The Kier molecular flexibility index (Phi) is 4.65. The molecule has 3 aliphatic rings. The van der Waals surface area contributed by atoms with Crippen LogP contribution in [-0.4, -0.2) is 48.6 Å². The summed E-state index contributed by atoms with van der Waals surface area (Å²) in [6.45, 7) is 1.93. The minimum Gasteiger partial charge on any atom is -0.493 e. The number of nitrogens with zero attached hydrogens (tertiary/aromatic N) is 3. The molecule has 1 atom stereocenters. The Hall–Kier alpha value is -1.95. The Bertz CT molecular complexity index is 986. The molecule has 0 aromatic heterocycles. The predicted octanol–water partition coefficient (Wildman–Crippen LogP) is 4.97. The van der Waals surface area contributed by atoms with E-state index in [4.69, 9.17) is 37.8 Å². The van der Waals surface area contributed by atoms with Crippen LogP contribution in [0.1, 0.15) is 36.4 Å². The second-order valence-corrected chi connectivity index (χ2v) is 8.78. The standard InChI is InChI=1S/C22H23Cl2N3O2/c1-26-10-8-22(9-11-26)27-19(15-4-3-5-20(28-2)21(15)29-22)13-18(25-27)14-6-7-16(23)17(24)12-14/h3-7,12,19H,8-11,13H2,1-2H3/t19-/m0/s1. The molecule has 5 rings (SSSR count). The molecule has 0 radical (unpaired) electrons. The third kappa shape index (κ3) is 3.07. The van der Waals surface area contributed by atoms with Gasteiger partial charge in [-0.3, -0.25) is 0 Å². The van der Waals surface area contributed by atoms with Gasteiger partial charge in [0.05, 0.1) is 28.9 Å². The second kappa shape index (κ2) is 7.08. The number of halogens is 2. The average Bonchev–Trinajstić information content (AvgIpc) is 3.19. The quantitative estimate of drug-likeness (QED) is 0.672. The van der Waals surface area contributed by atoms with Gasteiger partial charge in [-0.1, -0.05) is 41.4 Å². The van der Waals surface area contributed by atoms with Gasteiger partial charge in [0.1, 0.15) is 0 Å². The van der Waals surface area contributed by atoms with E-state index in [1.54, 1.807) is 7.11 Å². The predicted molar refractivity (Wildman–Crippen MR) is 115 cm³/mol. The number of hydrogen-bond acceptors (Lipinski definition) is 5. The Labute approximate surface area is 180 Å². The van der Waals surface area contributed by atoms with Gasteiger partial charge in [0.25, 0.3) is 0 Å². The van der Waals surface area contributed by atoms with Gasteiger partial charge in [-0.25, -0.2) is 5.01 Å². The Morgan fingerprint density at radius 1 is 1.14 bits per heavy atom. The van der Waals surface area contributed by atoms with Crippen LogP contribution in [0.3, 0.4) is 0 Å². The number of methoxy groups -OCH3 is 1. The van der Waals surface area contributed by atoms with Crippen molar-refractivity contribution in [2.24, 2.45) is 5.10 Å². The van der Waals surface area contributed by atoms with Crippen molar-refractivity contribution >= 4 is 28.9 Å². The summed E-state index contributed by atoms with van der Waals surface area (Å²) in [6.07, 6.45) is 2.56. The molecule has 0 saturated carbocycles. The number of fused-ring (bicyclic) bond motifs is 4. The molecule has 0 unspecified atom stereocenters. The molecule has 1 fully saturated rings.